The number of hydrogen-bond acceptors (Lipinski definition) is 3. The molecule has 2 aromatic carbocycles. The number of ether oxygens (including phenoxy) is 1. The van der Waals surface area contributed by atoms with Gasteiger partial charge in [-0.05, 0) is 36.4 Å². The molecule has 110 valence electrons. The SMILES string of the molecule is O=C(O)CCc1ccc2cc(Oc3ccccc3)ccc2n1. The van der Waals surface area contributed by atoms with Crippen LogP contribution in [0.5, 0.6) is 11.5 Å². The predicted octanol–water partition coefficient (Wildman–Crippen LogP) is 4.04. The van der Waals surface area contributed by atoms with E-state index in [1.54, 1.807) is 0 Å². The number of aromatic nitrogens is 1. The van der Waals surface area contributed by atoms with E-state index in [9.17, 15) is 4.79 Å². The van der Waals surface area contributed by atoms with Gasteiger partial charge in [-0.25, -0.2) is 0 Å². The molecule has 3 rings (SSSR count). The van der Waals surface area contributed by atoms with Gasteiger partial charge in [-0.2, -0.15) is 0 Å². The van der Waals surface area contributed by atoms with Crippen LogP contribution in [0.3, 0.4) is 0 Å². The van der Waals surface area contributed by atoms with E-state index < -0.39 is 5.97 Å². The zero-order valence-corrected chi connectivity index (χ0v) is 11.9. The molecule has 0 aliphatic rings. The molecule has 0 saturated heterocycles. The van der Waals surface area contributed by atoms with E-state index >= 15 is 0 Å². The van der Waals surface area contributed by atoms with E-state index in [1.165, 1.54) is 0 Å². The second-order valence-electron chi connectivity index (χ2n) is 4.97. The molecule has 0 bridgehead atoms. The highest BCUT2D eigenvalue weighted by atomic mass is 16.5. The maximum atomic E-state index is 10.6. The van der Waals surface area contributed by atoms with E-state index in [2.05, 4.69) is 4.98 Å². The molecule has 0 spiro atoms. The maximum absolute atomic E-state index is 10.6. The minimum atomic E-state index is -0.812. The van der Waals surface area contributed by atoms with E-state index in [0.29, 0.717) is 6.42 Å². The predicted molar refractivity (Wildman–Crippen MR) is 84.2 cm³/mol. The summed E-state index contributed by atoms with van der Waals surface area (Å²) >= 11 is 0. The van der Waals surface area contributed by atoms with Crippen molar-refractivity contribution in [1.82, 2.24) is 4.98 Å². The topological polar surface area (TPSA) is 59.4 Å². The molecule has 0 unspecified atom stereocenters. The van der Waals surface area contributed by atoms with Gasteiger partial charge in [-0.1, -0.05) is 24.3 Å². The van der Waals surface area contributed by atoms with Gasteiger partial charge in [0.05, 0.1) is 11.9 Å². The summed E-state index contributed by atoms with van der Waals surface area (Å²) in [4.78, 5) is 15.1. The molecule has 0 aliphatic heterocycles. The molecular weight excluding hydrogens is 278 g/mol. The van der Waals surface area contributed by atoms with E-state index in [0.717, 1.165) is 28.1 Å². The number of pyridine rings is 1. The van der Waals surface area contributed by atoms with E-state index in [1.807, 2.05) is 60.7 Å². The third-order valence-electron chi connectivity index (χ3n) is 3.29. The van der Waals surface area contributed by atoms with Gasteiger partial charge in [-0.15, -0.1) is 0 Å². The van der Waals surface area contributed by atoms with Crippen molar-refractivity contribution in [2.24, 2.45) is 0 Å². The number of benzene rings is 2. The van der Waals surface area contributed by atoms with Gasteiger partial charge in [0.2, 0.25) is 0 Å². The molecule has 4 nitrogen and oxygen atoms in total. The Bertz CT molecular complexity index is 800. The third kappa shape index (κ3) is 3.41. The smallest absolute Gasteiger partial charge is 0.303 e. The van der Waals surface area contributed by atoms with Gasteiger partial charge in [0.25, 0.3) is 0 Å². The van der Waals surface area contributed by atoms with Crippen LogP contribution in [-0.4, -0.2) is 16.1 Å². The summed E-state index contributed by atoms with van der Waals surface area (Å²) in [6.07, 6.45) is 0.529. The zero-order chi connectivity index (χ0) is 15.4. The summed E-state index contributed by atoms with van der Waals surface area (Å²) in [6.45, 7) is 0. The second-order valence-corrected chi connectivity index (χ2v) is 4.97. The number of hydrogen-bond donors (Lipinski definition) is 1. The molecule has 1 heterocycles. The number of aliphatic carboxylic acids is 1. The van der Waals surface area contributed by atoms with Gasteiger partial charge in [-0.3, -0.25) is 9.78 Å². The molecule has 0 amide bonds. The molecule has 0 aliphatic carbocycles. The van der Waals surface area contributed by atoms with Crippen molar-refractivity contribution < 1.29 is 14.6 Å². The first-order valence-corrected chi connectivity index (χ1v) is 7.05. The molecule has 0 radical (unpaired) electrons. The largest absolute Gasteiger partial charge is 0.481 e. The lowest BCUT2D eigenvalue weighted by molar-refractivity contribution is -0.136. The number of nitrogens with zero attached hydrogens (tertiary/aromatic N) is 1. The highest BCUT2D eigenvalue weighted by molar-refractivity contribution is 5.80. The quantitative estimate of drug-likeness (QED) is 0.771. The fourth-order valence-corrected chi connectivity index (χ4v) is 2.21. The Hall–Kier alpha value is -2.88. The third-order valence-corrected chi connectivity index (χ3v) is 3.29. The monoisotopic (exact) mass is 293 g/mol. The first kappa shape index (κ1) is 14.1. The Labute approximate surface area is 128 Å². The Morgan fingerprint density at radius 3 is 2.59 bits per heavy atom. The Morgan fingerprint density at radius 2 is 1.82 bits per heavy atom. The molecule has 0 atom stereocenters. The molecule has 0 saturated carbocycles. The van der Waals surface area contributed by atoms with Crippen molar-refractivity contribution in [1.29, 1.82) is 0 Å². The van der Waals surface area contributed by atoms with Crippen LogP contribution < -0.4 is 4.74 Å². The first-order chi connectivity index (χ1) is 10.7. The summed E-state index contributed by atoms with van der Waals surface area (Å²) in [6, 6.07) is 19.1. The Kier molecular flexibility index (Phi) is 4.01. The molecule has 3 aromatic rings. The zero-order valence-electron chi connectivity index (χ0n) is 11.9. The van der Waals surface area contributed by atoms with Crippen LogP contribution in [-0.2, 0) is 11.2 Å². The van der Waals surface area contributed by atoms with E-state index in [4.69, 9.17) is 9.84 Å². The van der Waals surface area contributed by atoms with Crippen LogP contribution in [0, 0.1) is 0 Å². The van der Waals surface area contributed by atoms with Crippen molar-refractivity contribution >= 4 is 16.9 Å². The minimum Gasteiger partial charge on any atom is -0.481 e. The number of carboxylic acids is 1. The molecule has 1 N–H and O–H groups in total. The average Bonchev–Trinajstić information content (AvgIpc) is 2.54. The number of fused-ring (bicyclic) bond motifs is 1. The fraction of sp³-hybridized carbons (Fsp3) is 0.111. The lowest BCUT2D eigenvalue weighted by Gasteiger charge is -2.07. The highest BCUT2D eigenvalue weighted by Gasteiger charge is 2.04. The van der Waals surface area contributed by atoms with Crippen LogP contribution in [0.25, 0.3) is 10.9 Å². The van der Waals surface area contributed by atoms with Crippen molar-refractivity contribution in [2.75, 3.05) is 0 Å². The number of carbonyl (C=O) groups is 1. The fourth-order valence-electron chi connectivity index (χ4n) is 2.21. The number of para-hydroxylation sites is 1. The molecule has 0 fully saturated rings. The first-order valence-electron chi connectivity index (χ1n) is 7.05. The van der Waals surface area contributed by atoms with Crippen LogP contribution in [0.2, 0.25) is 0 Å². The molecular formula is C18H15NO3. The standard InChI is InChI=1S/C18H15NO3/c20-18(21)11-8-14-7-6-13-12-16(9-10-17(13)19-14)22-15-4-2-1-3-5-15/h1-7,9-10,12H,8,11H2,(H,20,21). The van der Waals surface area contributed by atoms with Gasteiger partial charge >= 0.3 is 5.97 Å². The normalized spacial score (nSPS) is 10.5. The van der Waals surface area contributed by atoms with Crippen LogP contribution >= 0.6 is 0 Å². The summed E-state index contributed by atoms with van der Waals surface area (Å²) in [7, 11) is 0. The lowest BCUT2D eigenvalue weighted by Crippen LogP contribution is -1.99. The number of carboxylic acid groups (broad SMARTS) is 1. The summed E-state index contributed by atoms with van der Waals surface area (Å²) in [5.74, 6) is 0.722. The van der Waals surface area contributed by atoms with E-state index in [-0.39, 0.29) is 6.42 Å². The summed E-state index contributed by atoms with van der Waals surface area (Å²) in [5.41, 5.74) is 1.62. The molecule has 22 heavy (non-hydrogen) atoms. The number of aryl methyl sites for hydroxylation is 1. The lowest BCUT2D eigenvalue weighted by atomic mass is 10.1. The van der Waals surface area contributed by atoms with Crippen LogP contribution in [0.1, 0.15) is 12.1 Å². The molecule has 4 heteroatoms. The second kappa shape index (κ2) is 6.26. The maximum Gasteiger partial charge on any atom is 0.303 e. The van der Waals surface area contributed by atoms with Crippen molar-refractivity contribution in [2.45, 2.75) is 12.8 Å². The highest BCUT2D eigenvalue weighted by Crippen LogP contribution is 2.25. The van der Waals surface area contributed by atoms with Crippen molar-refractivity contribution in [3.63, 3.8) is 0 Å². The number of rotatable bonds is 5. The van der Waals surface area contributed by atoms with Gasteiger partial charge < -0.3 is 9.84 Å². The minimum absolute atomic E-state index is 0.0910. The Morgan fingerprint density at radius 1 is 1.00 bits per heavy atom. The summed E-state index contributed by atoms with van der Waals surface area (Å²) < 4.78 is 5.79. The van der Waals surface area contributed by atoms with Crippen molar-refractivity contribution in [3.05, 3.63) is 66.4 Å². The molecule has 1 aromatic heterocycles. The van der Waals surface area contributed by atoms with Gasteiger partial charge in [0.1, 0.15) is 11.5 Å². The van der Waals surface area contributed by atoms with Gasteiger partial charge in [0.15, 0.2) is 0 Å². The average molecular weight is 293 g/mol. The van der Waals surface area contributed by atoms with Crippen molar-refractivity contribution in [3.8, 4) is 11.5 Å². The Balaban J connectivity index is 1.81. The van der Waals surface area contributed by atoms with Crippen LogP contribution in [0.4, 0.5) is 0 Å². The summed E-state index contributed by atoms with van der Waals surface area (Å²) in [5, 5.41) is 9.69. The van der Waals surface area contributed by atoms with Gasteiger partial charge in [0, 0.05) is 17.5 Å². The van der Waals surface area contributed by atoms with Crippen LogP contribution in [0.15, 0.2) is 60.7 Å².